The van der Waals surface area contributed by atoms with Gasteiger partial charge >= 0.3 is 5.97 Å². The number of carbonyl (C=O) groups excluding carboxylic acids is 1. The van der Waals surface area contributed by atoms with Crippen molar-refractivity contribution in [1.82, 2.24) is 0 Å². The normalized spacial score (nSPS) is 9.69. The molecule has 0 N–H and O–H groups in total. The monoisotopic (exact) mass is 223 g/mol. The van der Waals surface area contributed by atoms with E-state index in [-0.39, 0.29) is 12.6 Å². The van der Waals surface area contributed by atoms with Crippen LogP contribution in [0.5, 0.6) is 5.75 Å². The van der Waals surface area contributed by atoms with E-state index in [1.807, 2.05) is 43.3 Å². The van der Waals surface area contributed by atoms with Crippen LogP contribution in [0.1, 0.15) is 6.92 Å². The standard InChI is InChI=1S/C12H17NO3/c1-10(14)15-7-8-16-12-6-4-5-11(9-12)13(2)3/h4-6,9H,7-8H2,1-3H3. The third-order valence-electron chi connectivity index (χ3n) is 1.99. The minimum atomic E-state index is -0.286. The number of anilines is 1. The Bertz CT molecular complexity index is 350. The molecule has 0 radical (unpaired) electrons. The van der Waals surface area contributed by atoms with Crippen molar-refractivity contribution >= 4 is 11.7 Å². The van der Waals surface area contributed by atoms with Gasteiger partial charge in [0.25, 0.3) is 0 Å². The first-order chi connectivity index (χ1) is 7.59. The van der Waals surface area contributed by atoms with Gasteiger partial charge < -0.3 is 14.4 Å². The number of ether oxygens (including phenoxy) is 2. The second kappa shape index (κ2) is 6.00. The lowest BCUT2D eigenvalue weighted by Gasteiger charge is -2.14. The predicted octanol–water partition coefficient (Wildman–Crippen LogP) is 1.69. The fourth-order valence-corrected chi connectivity index (χ4v) is 1.20. The van der Waals surface area contributed by atoms with Crippen LogP contribution in [0, 0.1) is 0 Å². The van der Waals surface area contributed by atoms with E-state index >= 15 is 0 Å². The van der Waals surface area contributed by atoms with Crippen LogP contribution in [-0.2, 0) is 9.53 Å². The van der Waals surface area contributed by atoms with Gasteiger partial charge in [-0.15, -0.1) is 0 Å². The smallest absolute Gasteiger partial charge is 0.302 e. The second-order valence-electron chi connectivity index (χ2n) is 3.58. The molecule has 0 spiro atoms. The summed E-state index contributed by atoms with van der Waals surface area (Å²) in [5.74, 6) is 0.490. The number of esters is 1. The Balaban J connectivity index is 2.42. The average molecular weight is 223 g/mol. The van der Waals surface area contributed by atoms with Crippen LogP contribution >= 0.6 is 0 Å². The lowest BCUT2D eigenvalue weighted by molar-refractivity contribution is -0.141. The highest BCUT2D eigenvalue weighted by Gasteiger charge is 1.99. The van der Waals surface area contributed by atoms with E-state index in [9.17, 15) is 4.79 Å². The molecule has 0 aromatic heterocycles. The first-order valence-corrected chi connectivity index (χ1v) is 5.13. The predicted molar refractivity (Wildman–Crippen MR) is 62.9 cm³/mol. The van der Waals surface area contributed by atoms with Gasteiger partial charge in [-0.05, 0) is 12.1 Å². The van der Waals surface area contributed by atoms with E-state index in [2.05, 4.69) is 0 Å². The molecule has 0 unspecified atom stereocenters. The van der Waals surface area contributed by atoms with Crippen molar-refractivity contribution in [3.63, 3.8) is 0 Å². The summed E-state index contributed by atoms with van der Waals surface area (Å²) in [5.41, 5.74) is 1.07. The second-order valence-corrected chi connectivity index (χ2v) is 3.58. The molecule has 0 aliphatic rings. The Morgan fingerprint density at radius 2 is 2.06 bits per heavy atom. The molecule has 0 atom stereocenters. The third kappa shape index (κ3) is 4.21. The van der Waals surface area contributed by atoms with Crippen LogP contribution < -0.4 is 9.64 Å². The van der Waals surface area contributed by atoms with Gasteiger partial charge in [0.1, 0.15) is 19.0 Å². The summed E-state index contributed by atoms with van der Waals surface area (Å²) < 4.78 is 10.2. The molecule has 4 nitrogen and oxygen atoms in total. The van der Waals surface area contributed by atoms with Crippen molar-refractivity contribution in [2.75, 3.05) is 32.2 Å². The van der Waals surface area contributed by atoms with Crippen molar-refractivity contribution in [2.45, 2.75) is 6.92 Å². The highest BCUT2D eigenvalue weighted by molar-refractivity contribution is 5.65. The summed E-state index contributed by atoms with van der Waals surface area (Å²) in [6, 6.07) is 7.74. The highest BCUT2D eigenvalue weighted by Crippen LogP contribution is 2.18. The first-order valence-electron chi connectivity index (χ1n) is 5.13. The Labute approximate surface area is 95.8 Å². The summed E-state index contributed by atoms with van der Waals surface area (Å²) in [6.45, 7) is 2.03. The van der Waals surface area contributed by atoms with Gasteiger partial charge in [0.15, 0.2) is 0 Å². The van der Waals surface area contributed by atoms with Crippen molar-refractivity contribution in [2.24, 2.45) is 0 Å². The van der Waals surface area contributed by atoms with Crippen LogP contribution in [0.15, 0.2) is 24.3 Å². The molecule has 0 amide bonds. The molecule has 1 aromatic carbocycles. The minimum absolute atomic E-state index is 0.279. The average Bonchev–Trinajstić information content (AvgIpc) is 2.24. The van der Waals surface area contributed by atoms with E-state index < -0.39 is 0 Å². The van der Waals surface area contributed by atoms with Gasteiger partial charge in [-0.1, -0.05) is 6.07 Å². The highest BCUT2D eigenvalue weighted by atomic mass is 16.6. The maximum Gasteiger partial charge on any atom is 0.302 e. The summed E-state index contributed by atoms with van der Waals surface area (Å²) in [5, 5.41) is 0. The zero-order valence-electron chi connectivity index (χ0n) is 9.90. The molecule has 16 heavy (non-hydrogen) atoms. The molecule has 1 aromatic rings. The molecule has 0 aliphatic carbocycles. The molecular weight excluding hydrogens is 206 g/mol. The topological polar surface area (TPSA) is 38.8 Å². The van der Waals surface area contributed by atoms with Crippen LogP contribution in [0.25, 0.3) is 0 Å². The number of hydrogen-bond acceptors (Lipinski definition) is 4. The summed E-state index contributed by atoms with van der Waals surface area (Å²) >= 11 is 0. The van der Waals surface area contributed by atoms with E-state index in [1.54, 1.807) is 0 Å². The van der Waals surface area contributed by atoms with Gasteiger partial charge in [-0.25, -0.2) is 0 Å². The van der Waals surface area contributed by atoms with Crippen LogP contribution in [-0.4, -0.2) is 33.3 Å². The van der Waals surface area contributed by atoms with Gasteiger partial charge in [-0.3, -0.25) is 4.79 Å². The van der Waals surface area contributed by atoms with E-state index in [0.29, 0.717) is 6.61 Å². The molecule has 0 saturated heterocycles. The Kier molecular flexibility index (Phi) is 4.64. The van der Waals surface area contributed by atoms with E-state index in [4.69, 9.17) is 9.47 Å². The molecule has 1 rings (SSSR count). The van der Waals surface area contributed by atoms with Crippen LogP contribution in [0.3, 0.4) is 0 Å². The van der Waals surface area contributed by atoms with Crippen molar-refractivity contribution < 1.29 is 14.3 Å². The van der Waals surface area contributed by atoms with Gasteiger partial charge in [0.2, 0.25) is 0 Å². The van der Waals surface area contributed by atoms with Crippen molar-refractivity contribution in [3.05, 3.63) is 24.3 Å². The van der Waals surface area contributed by atoms with Gasteiger partial charge in [0, 0.05) is 32.8 Å². The Hall–Kier alpha value is -1.71. The van der Waals surface area contributed by atoms with Gasteiger partial charge in [0.05, 0.1) is 0 Å². The van der Waals surface area contributed by atoms with Crippen molar-refractivity contribution in [3.8, 4) is 5.75 Å². The maximum absolute atomic E-state index is 10.5. The molecule has 4 heteroatoms. The quantitative estimate of drug-likeness (QED) is 0.562. The number of benzene rings is 1. The van der Waals surface area contributed by atoms with E-state index in [0.717, 1.165) is 11.4 Å². The molecule has 0 bridgehead atoms. The zero-order chi connectivity index (χ0) is 12.0. The molecule has 0 fully saturated rings. The molecule has 0 heterocycles. The molecule has 0 aliphatic heterocycles. The minimum Gasteiger partial charge on any atom is -0.490 e. The number of hydrogen-bond donors (Lipinski definition) is 0. The number of rotatable bonds is 5. The first kappa shape index (κ1) is 12.4. The largest absolute Gasteiger partial charge is 0.490 e. The van der Waals surface area contributed by atoms with Crippen LogP contribution in [0.4, 0.5) is 5.69 Å². The summed E-state index contributed by atoms with van der Waals surface area (Å²) in [7, 11) is 3.94. The molecule has 0 saturated carbocycles. The lowest BCUT2D eigenvalue weighted by atomic mass is 10.3. The fourth-order valence-electron chi connectivity index (χ4n) is 1.20. The maximum atomic E-state index is 10.5. The van der Waals surface area contributed by atoms with Gasteiger partial charge in [-0.2, -0.15) is 0 Å². The zero-order valence-corrected chi connectivity index (χ0v) is 9.90. The SMILES string of the molecule is CC(=O)OCCOc1cccc(N(C)C)c1. The number of nitrogens with zero attached hydrogens (tertiary/aromatic N) is 1. The van der Waals surface area contributed by atoms with Crippen LogP contribution in [0.2, 0.25) is 0 Å². The Morgan fingerprint density at radius 3 is 2.69 bits per heavy atom. The third-order valence-corrected chi connectivity index (χ3v) is 1.99. The number of carbonyl (C=O) groups is 1. The summed E-state index contributed by atoms with van der Waals surface area (Å²) in [6.07, 6.45) is 0. The summed E-state index contributed by atoms with van der Waals surface area (Å²) in [4.78, 5) is 12.5. The lowest BCUT2D eigenvalue weighted by Crippen LogP contribution is -2.11. The fraction of sp³-hybridized carbons (Fsp3) is 0.417. The van der Waals surface area contributed by atoms with Crippen molar-refractivity contribution in [1.29, 1.82) is 0 Å². The Morgan fingerprint density at radius 1 is 1.31 bits per heavy atom. The molecular formula is C12H17NO3. The van der Waals surface area contributed by atoms with E-state index in [1.165, 1.54) is 6.92 Å². The molecule has 88 valence electrons.